The summed E-state index contributed by atoms with van der Waals surface area (Å²) in [5, 5.41) is 7.86. The molecule has 6 atom stereocenters. The Bertz CT molecular complexity index is 1920. The van der Waals surface area contributed by atoms with Gasteiger partial charge in [-0.1, -0.05) is 56.4 Å². The van der Waals surface area contributed by atoms with E-state index in [1.54, 1.807) is 12.1 Å². The Morgan fingerprint density at radius 3 is 2.44 bits per heavy atom. The molecule has 7 rings (SSSR count). The molecule has 0 aromatic heterocycles. The van der Waals surface area contributed by atoms with Crippen LogP contribution in [0.5, 0.6) is 0 Å². The first-order chi connectivity index (χ1) is 27.3. The van der Waals surface area contributed by atoms with Gasteiger partial charge in [-0.15, -0.1) is 0 Å². The van der Waals surface area contributed by atoms with E-state index in [1.807, 2.05) is 12.2 Å². The molecule has 1 aromatic carbocycles. The van der Waals surface area contributed by atoms with Crippen LogP contribution in [0.25, 0.3) is 0 Å². The van der Waals surface area contributed by atoms with E-state index in [4.69, 9.17) is 4.74 Å². The molecule has 4 fully saturated rings. The molecule has 6 amide bonds. The van der Waals surface area contributed by atoms with Gasteiger partial charge in [0.1, 0.15) is 35.6 Å². The van der Waals surface area contributed by atoms with E-state index in [0.29, 0.717) is 43.2 Å². The molecule has 1 saturated heterocycles. The van der Waals surface area contributed by atoms with Gasteiger partial charge in [0.2, 0.25) is 33.7 Å². The van der Waals surface area contributed by atoms with Crippen molar-refractivity contribution in [3.8, 4) is 0 Å². The van der Waals surface area contributed by atoms with E-state index < -0.39 is 86.5 Å². The number of hydrogen-bond acceptors (Lipinski definition) is 9. The van der Waals surface area contributed by atoms with E-state index in [1.165, 1.54) is 22.8 Å². The molecule has 17 heteroatoms. The summed E-state index contributed by atoms with van der Waals surface area (Å²) in [7, 11) is -3.94. The number of hydrogen-bond donors (Lipinski definition) is 4. The molecule has 0 radical (unpaired) electrons. The molecular formula is C40H53FN6O9S. The van der Waals surface area contributed by atoms with Crippen molar-refractivity contribution in [2.24, 2.45) is 11.8 Å². The van der Waals surface area contributed by atoms with Crippen LogP contribution in [0, 0.1) is 17.7 Å². The van der Waals surface area contributed by atoms with Gasteiger partial charge < -0.3 is 25.6 Å². The number of nitrogens with one attached hydrogen (secondary N) is 4. The number of sulfonamides is 1. The summed E-state index contributed by atoms with van der Waals surface area (Å²) < 4.78 is 48.3. The third-order valence-corrected chi connectivity index (χ3v) is 14.2. The monoisotopic (exact) mass is 812 g/mol. The summed E-state index contributed by atoms with van der Waals surface area (Å²) in [6.45, 7) is 1.24. The number of carbonyl (C=O) groups excluding carboxylic acids is 6. The molecule has 3 aliphatic carbocycles. The predicted octanol–water partition coefficient (Wildman–Crippen LogP) is 2.82. The topological polar surface area (TPSA) is 200 Å². The normalized spacial score (nSPS) is 29.3. The zero-order valence-electron chi connectivity index (χ0n) is 32.3. The number of carbonyl (C=O) groups is 6. The summed E-state index contributed by atoms with van der Waals surface area (Å²) >= 11 is 0. The fourth-order valence-electron chi connectivity index (χ4n) is 8.92. The lowest BCUT2D eigenvalue weighted by Crippen LogP contribution is -2.59. The Kier molecular flexibility index (Phi) is 11.9. The minimum atomic E-state index is -3.94. The van der Waals surface area contributed by atoms with Crippen LogP contribution in [0.3, 0.4) is 0 Å². The van der Waals surface area contributed by atoms with Crippen LogP contribution in [0.4, 0.5) is 9.18 Å². The Morgan fingerprint density at radius 1 is 0.982 bits per heavy atom. The fraction of sp³-hybridized carbons (Fsp3) is 0.650. The molecule has 57 heavy (non-hydrogen) atoms. The van der Waals surface area contributed by atoms with Gasteiger partial charge >= 0.3 is 6.09 Å². The summed E-state index contributed by atoms with van der Waals surface area (Å²) in [6, 6.07) is 1.41. The minimum Gasteiger partial charge on any atom is -0.444 e. The van der Waals surface area contributed by atoms with E-state index in [9.17, 15) is 41.6 Å². The second-order valence-electron chi connectivity index (χ2n) is 16.6. The van der Waals surface area contributed by atoms with Crippen molar-refractivity contribution in [3.63, 3.8) is 0 Å². The van der Waals surface area contributed by atoms with Crippen molar-refractivity contribution in [2.75, 3.05) is 6.54 Å². The smallest absolute Gasteiger partial charge is 0.410 e. The number of halogens is 1. The molecule has 6 aliphatic rings. The highest BCUT2D eigenvalue weighted by Gasteiger charge is 2.62. The maximum atomic E-state index is 14.7. The number of fused-ring (bicyclic) bond motifs is 3. The van der Waals surface area contributed by atoms with Crippen molar-refractivity contribution >= 4 is 45.7 Å². The Balaban J connectivity index is 1.15. The maximum absolute atomic E-state index is 14.7. The lowest BCUT2D eigenvalue weighted by Gasteiger charge is -2.33. The van der Waals surface area contributed by atoms with Gasteiger partial charge in [-0.3, -0.25) is 33.6 Å². The van der Waals surface area contributed by atoms with Gasteiger partial charge in [0.25, 0.3) is 5.91 Å². The summed E-state index contributed by atoms with van der Waals surface area (Å²) in [5.41, 5.74) is -0.554. The quantitative estimate of drug-likeness (QED) is 0.285. The highest BCUT2D eigenvalue weighted by atomic mass is 32.2. The van der Waals surface area contributed by atoms with E-state index >= 15 is 0 Å². The number of rotatable bonds is 8. The molecule has 4 N–H and O–H groups in total. The number of nitrogens with zero attached hydrogens (tertiary/aromatic N) is 2. The summed E-state index contributed by atoms with van der Waals surface area (Å²) in [6.07, 6.45) is 10.1. The number of amides is 6. The Morgan fingerprint density at radius 2 is 1.72 bits per heavy atom. The molecule has 3 heterocycles. The third-order valence-electron chi connectivity index (χ3n) is 12.4. The zero-order valence-corrected chi connectivity index (χ0v) is 33.1. The largest absolute Gasteiger partial charge is 0.444 e. The van der Waals surface area contributed by atoms with Gasteiger partial charge in [0, 0.05) is 31.4 Å². The third kappa shape index (κ3) is 9.12. The average molecular weight is 813 g/mol. The molecule has 15 nitrogen and oxygen atoms in total. The molecule has 0 bridgehead atoms. The van der Waals surface area contributed by atoms with Crippen LogP contribution < -0.4 is 20.7 Å². The van der Waals surface area contributed by atoms with Crippen molar-refractivity contribution in [3.05, 3.63) is 47.3 Å². The highest BCUT2D eigenvalue weighted by molar-refractivity contribution is 7.91. The number of benzene rings is 1. The highest BCUT2D eigenvalue weighted by Crippen LogP contribution is 2.46. The molecule has 1 aromatic rings. The molecule has 1 unspecified atom stereocenters. The standard InChI is InChI=1S/C40H53FN6O9S/c1-24(48)42-34(25-11-6-5-7-12-25)36(50)43-32-16-9-4-2-3-8-14-27-20-40(27,38(52)45-57(54,55)29-17-18-29)44-35(49)33-19-28(22-47(33)37(32)51)56-39(53)46-21-26-13-10-15-31(41)30(26)23-46/h8,10,13-15,25,27-29,32-34H,2-7,9,11-12,16-23H2,1H3,(H,42,48)(H,43,50)(H,44,49)(H,45,52)/b14-8-/t27-,28-,32+,33+,34?,40-/m1/s1. The number of allylic oxidation sites excluding steroid dienone is 1. The van der Waals surface area contributed by atoms with Crippen molar-refractivity contribution in [1.82, 2.24) is 30.5 Å². The molecular weight excluding hydrogens is 760 g/mol. The van der Waals surface area contributed by atoms with Gasteiger partial charge in [0.15, 0.2) is 0 Å². The molecule has 3 saturated carbocycles. The second kappa shape index (κ2) is 16.7. The Labute approximate surface area is 332 Å². The molecule has 3 aliphatic heterocycles. The second-order valence-corrected chi connectivity index (χ2v) is 18.6. The first-order valence-corrected chi connectivity index (χ1v) is 21.9. The van der Waals surface area contributed by atoms with Gasteiger partial charge in [-0.05, 0) is 68.9 Å². The van der Waals surface area contributed by atoms with Crippen LogP contribution in [0.15, 0.2) is 30.4 Å². The average Bonchev–Trinajstić information content (AvgIpc) is 4.06. The predicted molar refractivity (Wildman–Crippen MR) is 203 cm³/mol. The minimum absolute atomic E-state index is 0.0129. The fourth-order valence-corrected chi connectivity index (χ4v) is 10.3. The summed E-state index contributed by atoms with van der Waals surface area (Å²) in [5.74, 6) is -4.06. The summed E-state index contributed by atoms with van der Waals surface area (Å²) in [4.78, 5) is 85.2. The van der Waals surface area contributed by atoms with E-state index in [-0.39, 0.29) is 50.7 Å². The zero-order chi connectivity index (χ0) is 40.5. The van der Waals surface area contributed by atoms with Crippen LogP contribution in [-0.4, -0.2) is 95.4 Å². The van der Waals surface area contributed by atoms with Gasteiger partial charge in [0.05, 0.1) is 18.3 Å². The van der Waals surface area contributed by atoms with Crippen molar-refractivity contribution < 1.29 is 46.3 Å². The number of ether oxygens (including phenoxy) is 1. The first kappa shape index (κ1) is 40.6. The van der Waals surface area contributed by atoms with Crippen molar-refractivity contribution in [1.29, 1.82) is 0 Å². The molecule has 0 spiro atoms. The van der Waals surface area contributed by atoms with Crippen molar-refractivity contribution in [2.45, 2.75) is 145 Å². The SMILES string of the molecule is CC(=O)NC(C(=O)N[C@H]1CCCCC/C=C\[C@@H]2C[C@@]2(C(=O)NS(=O)(=O)C2CC2)NC(=O)[C@@H]2C[C@@H](OC(=O)N3Cc4cccc(F)c4C3)CN2C1=O)C1CCCCC1. The first-order valence-electron chi connectivity index (χ1n) is 20.4. The Hall–Kier alpha value is -4.54. The van der Waals surface area contributed by atoms with Crippen LogP contribution >= 0.6 is 0 Å². The lowest BCUT2D eigenvalue weighted by molar-refractivity contribution is -0.143. The molecule has 310 valence electrons. The maximum Gasteiger partial charge on any atom is 0.410 e. The van der Waals surface area contributed by atoms with E-state index in [0.717, 1.165) is 38.5 Å². The van der Waals surface area contributed by atoms with Crippen LogP contribution in [-0.2, 0) is 51.8 Å². The van der Waals surface area contributed by atoms with E-state index in [2.05, 4.69) is 20.7 Å². The van der Waals surface area contributed by atoms with Gasteiger partial charge in [-0.2, -0.15) is 0 Å². The van der Waals surface area contributed by atoms with Crippen LogP contribution in [0.2, 0.25) is 0 Å². The lowest BCUT2D eigenvalue weighted by atomic mass is 9.83. The van der Waals surface area contributed by atoms with Crippen LogP contribution in [0.1, 0.15) is 108 Å². The van der Waals surface area contributed by atoms with Gasteiger partial charge in [-0.25, -0.2) is 17.6 Å².